The lowest BCUT2D eigenvalue weighted by molar-refractivity contribution is 0.190. The molecule has 0 aromatic heterocycles. The molecule has 1 aromatic carbocycles. The molecule has 0 bridgehead atoms. The van der Waals surface area contributed by atoms with Gasteiger partial charge in [-0.05, 0) is 18.6 Å². The smallest absolute Gasteiger partial charge is 0.317 e. The van der Waals surface area contributed by atoms with Gasteiger partial charge in [0.2, 0.25) is 0 Å². The van der Waals surface area contributed by atoms with Crippen molar-refractivity contribution in [3.63, 3.8) is 0 Å². The number of anilines is 1. The van der Waals surface area contributed by atoms with Crippen LogP contribution in [0.1, 0.15) is 12.5 Å². The molecule has 1 aliphatic heterocycles. The van der Waals surface area contributed by atoms with Gasteiger partial charge in [-0.3, -0.25) is 0 Å². The van der Waals surface area contributed by atoms with Gasteiger partial charge in [0, 0.05) is 38.5 Å². The molecule has 1 aromatic rings. The van der Waals surface area contributed by atoms with Gasteiger partial charge >= 0.3 is 6.03 Å². The van der Waals surface area contributed by atoms with Gasteiger partial charge in [-0.15, -0.1) is 0 Å². The molecule has 5 nitrogen and oxygen atoms in total. The Morgan fingerprint density at radius 3 is 2.95 bits per heavy atom. The quantitative estimate of drug-likeness (QED) is 0.820. The van der Waals surface area contributed by atoms with Gasteiger partial charge in [0.05, 0.1) is 6.61 Å². The summed E-state index contributed by atoms with van der Waals surface area (Å²) in [4.78, 5) is 13.4. The fraction of sp³-hybridized carbons (Fsp3) is 0.500. The van der Waals surface area contributed by atoms with E-state index in [1.165, 1.54) is 0 Å². The summed E-state index contributed by atoms with van der Waals surface area (Å²) in [6.45, 7) is 4.85. The molecule has 2 N–H and O–H groups in total. The number of methoxy groups -OCH3 is 1. The van der Waals surface area contributed by atoms with Gasteiger partial charge in [0.25, 0.3) is 0 Å². The van der Waals surface area contributed by atoms with E-state index in [1.807, 2.05) is 29.2 Å². The molecule has 0 radical (unpaired) electrons. The molecule has 2 rings (SSSR count). The Balaban J connectivity index is 2.05. The van der Waals surface area contributed by atoms with Crippen LogP contribution in [0.2, 0.25) is 0 Å². The van der Waals surface area contributed by atoms with Crippen LogP contribution in [0.5, 0.6) is 0 Å². The maximum absolute atomic E-state index is 11.6. The normalized spacial score (nSPS) is 16.3. The first-order valence-electron chi connectivity index (χ1n) is 6.57. The third-order valence-electron chi connectivity index (χ3n) is 3.14. The number of ether oxygens (including phenoxy) is 1. The number of carbonyl (C=O) groups excluding carboxylic acids is 1. The highest BCUT2D eigenvalue weighted by Crippen LogP contribution is 2.19. The van der Waals surface area contributed by atoms with E-state index >= 15 is 0 Å². The van der Waals surface area contributed by atoms with E-state index in [4.69, 9.17) is 4.74 Å². The van der Waals surface area contributed by atoms with Crippen molar-refractivity contribution in [1.82, 2.24) is 10.2 Å². The summed E-state index contributed by atoms with van der Waals surface area (Å²) in [5.74, 6) is 0. The largest absolute Gasteiger partial charge is 0.383 e. The monoisotopic (exact) mass is 263 g/mol. The lowest BCUT2D eigenvalue weighted by atomic mass is 10.1. The molecule has 1 unspecified atom stereocenters. The Morgan fingerprint density at radius 1 is 1.47 bits per heavy atom. The van der Waals surface area contributed by atoms with Crippen molar-refractivity contribution in [1.29, 1.82) is 0 Å². The number of urea groups is 1. The molecule has 1 heterocycles. The second-order valence-electron chi connectivity index (χ2n) is 4.81. The average Bonchev–Trinajstić information content (AvgIpc) is 2.78. The van der Waals surface area contributed by atoms with Crippen molar-refractivity contribution in [2.24, 2.45) is 0 Å². The van der Waals surface area contributed by atoms with Crippen LogP contribution in [0.4, 0.5) is 10.5 Å². The Hall–Kier alpha value is -1.75. The van der Waals surface area contributed by atoms with Gasteiger partial charge < -0.3 is 20.3 Å². The number of benzene rings is 1. The molecule has 2 amide bonds. The van der Waals surface area contributed by atoms with Crippen LogP contribution in [-0.2, 0) is 11.3 Å². The summed E-state index contributed by atoms with van der Waals surface area (Å²) in [6.07, 6.45) is 0. The third kappa shape index (κ3) is 3.61. The maximum Gasteiger partial charge on any atom is 0.317 e. The van der Waals surface area contributed by atoms with E-state index in [0.717, 1.165) is 24.3 Å². The predicted octanol–water partition coefficient (Wildman–Crippen LogP) is 1.66. The van der Waals surface area contributed by atoms with E-state index in [2.05, 4.69) is 17.6 Å². The van der Waals surface area contributed by atoms with E-state index in [0.29, 0.717) is 13.2 Å². The number of rotatable bonds is 6. The van der Waals surface area contributed by atoms with Crippen LogP contribution in [0, 0.1) is 0 Å². The molecular formula is C14H21N3O2. The van der Waals surface area contributed by atoms with Crippen molar-refractivity contribution in [2.45, 2.75) is 19.5 Å². The molecule has 1 atom stereocenters. The number of nitrogens with one attached hydrogen (secondary N) is 2. The van der Waals surface area contributed by atoms with E-state index in [-0.39, 0.29) is 12.1 Å². The van der Waals surface area contributed by atoms with Crippen molar-refractivity contribution < 1.29 is 9.53 Å². The van der Waals surface area contributed by atoms with Gasteiger partial charge in [-0.2, -0.15) is 0 Å². The van der Waals surface area contributed by atoms with E-state index < -0.39 is 0 Å². The third-order valence-corrected chi connectivity index (χ3v) is 3.14. The SMILES string of the molecule is COCC(C)Nc1ccccc1CN1CCNC1=O. The summed E-state index contributed by atoms with van der Waals surface area (Å²) in [7, 11) is 1.69. The minimum Gasteiger partial charge on any atom is -0.383 e. The Labute approximate surface area is 113 Å². The zero-order valence-corrected chi connectivity index (χ0v) is 11.5. The first kappa shape index (κ1) is 13.7. The predicted molar refractivity (Wildman–Crippen MR) is 75.2 cm³/mol. The van der Waals surface area contributed by atoms with Crippen molar-refractivity contribution in [2.75, 3.05) is 32.1 Å². The van der Waals surface area contributed by atoms with Crippen LogP contribution in [0.3, 0.4) is 0 Å². The first-order valence-corrected chi connectivity index (χ1v) is 6.57. The molecule has 0 spiro atoms. The van der Waals surface area contributed by atoms with Gasteiger partial charge in [0.1, 0.15) is 0 Å². The number of carbonyl (C=O) groups is 1. The average molecular weight is 263 g/mol. The topological polar surface area (TPSA) is 53.6 Å². The minimum atomic E-state index is 0.0137. The van der Waals surface area contributed by atoms with Crippen LogP contribution < -0.4 is 10.6 Å². The molecule has 0 aliphatic carbocycles. The van der Waals surface area contributed by atoms with Crippen molar-refractivity contribution >= 4 is 11.7 Å². The Bertz CT molecular complexity index is 436. The van der Waals surface area contributed by atoms with Crippen molar-refractivity contribution in [3.05, 3.63) is 29.8 Å². The molecule has 1 fully saturated rings. The van der Waals surface area contributed by atoms with E-state index in [9.17, 15) is 4.79 Å². The minimum absolute atomic E-state index is 0.0137. The van der Waals surface area contributed by atoms with Crippen LogP contribution in [0.15, 0.2) is 24.3 Å². The highest BCUT2D eigenvalue weighted by molar-refractivity contribution is 5.76. The number of para-hydroxylation sites is 1. The standard InChI is InChI=1S/C14H21N3O2/c1-11(10-19-2)16-13-6-4-3-5-12(13)9-17-8-7-15-14(17)18/h3-6,11,16H,7-10H2,1-2H3,(H,15,18). The second-order valence-corrected chi connectivity index (χ2v) is 4.81. The molecule has 104 valence electrons. The summed E-state index contributed by atoms with van der Waals surface area (Å²) in [5, 5.41) is 6.23. The number of hydrogen-bond acceptors (Lipinski definition) is 3. The van der Waals surface area contributed by atoms with Gasteiger partial charge in [-0.25, -0.2) is 4.79 Å². The highest BCUT2D eigenvalue weighted by Gasteiger charge is 2.20. The van der Waals surface area contributed by atoms with Gasteiger partial charge in [-0.1, -0.05) is 18.2 Å². The second kappa shape index (κ2) is 6.43. The summed E-state index contributed by atoms with van der Waals surface area (Å²) < 4.78 is 5.13. The molecule has 19 heavy (non-hydrogen) atoms. The Morgan fingerprint density at radius 2 is 2.26 bits per heavy atom. The first-order chi connectivity index (χ1) is 9.20. The lowest BCUT2D eigenvalue weighted by Crippen LogP contribution is -2.28. The zero-order chi connectivity index (χ0) is 13.7. The fourth-order valence-electron chi connectivity index (χ4n) is 2.22. The fourth-order valence-corrected chi connectivity index (χ4v) is 2.22. The lowest BCUT2D eigenvalue weighted by Gasteiger charge is -2.20. The van der Waals surface area contributed by atoms with Crippen LogP contribution in [0.25, 0.3) is 0 Å². The zero-order valence-electron chi connectivity index (χ0n) is 11.5. The Kier molecular flexibility index (Phi) is 4.63. The maximum atomic E-state index is 11.6. The van der Waals surface area contributed by atoms with Crippen LogP contribution >= 0.6 is 0 Å². The highest BCUT2D eigenvalue weighted by atomic mass is 16.5. The van der Waals surface area contributed by atoms with Gasteiger partial charge in [0.15, 0.2) is 0 Å². The summed E-state index contributed by atoms with van der Waals surface area (Å²) >= 11 is 0. The van der Waals surface area contributed by atoms with Crippen molar-refractivity contribution in [3.8, 4) is 0 Å². The molecular weight excluding hydrogens is 242 g/mol. The number of amides is 2. The molecule has 1 aliphatic rings. The molecule has 1 saturated heterocycles. The van der Waals surface area contributed by atoms with E-state index in [1.54, 1.807) is 7.11 Å². The molecule has 0 saturated carbocycles. The summed E-state index contributed by atoms with van der Waals surface area (Å²) in [6, 6.07) is 8.33. The number of nitrogens with zero attached hydrogens (tertiary/aromatic N) is 1. The number of hydrogen-bond donors (Lipinski definition) is 2. The summed E-state index contributed by atoms with van der Waals surface area (Å²) in [5.41, 5.74) is 2.19. The van der Waals surface area contributed by atoms with Crippen LogP contribution in [-0.4, -0.2) is 43.8 Å². The molecule has 5 heteroatoms.